The van der Waals surface area contributed by atoms with Gasteiger partial charge in [0.15, 0.2) is 0 Å². The lowest BCUT2D eigenvalue weighted by Crippen LogP contribution is -2.34. The summed E-state index contributed by atoms with van der Waals surface area (Å²) in [6, 6.07) is 13.2. The highest BCUT2D eigenvalue weighted by atomic mass is 16.5. The predicted octanol–water partition coefficient (Wildman–Crippen LogP) is 3.16. The summed E-state index contributed by atoms with van der Waals surface area (Å²) in [4.78, 5) is 2.38. The van der Waals surface area contributed by atoms with E-state index in [1.54, 1.807) is 7.11 Å². The Morgan fingerprint density at radius 1 is 1.10 bits per heavy atom. The number of nitrogens with two attached hydrogens (primary N) is 1. The Hall–Kier alpha value is -1.58. The van der Waals surface area contributed by atoms with Crippen LogP contribution >= 0.6 is 0 Å². The second kappa shape index (κ2) is 6.73. The van der Waals surface area contributed by atoms with Crippen molar-refractivity contribution in [1.29, 1.82) is 0 Å². The monoisotopic (exact) mass is 272 g/mol. The van der Waals surface area contributed by atoms with E-state index in [0.29, 0.717) is 12.6 Å². The van der Waals surface area contributed by atoms with Crippen LogP contribution in [0.4, 0.5) is 5.69 Å². The zero-order chi connectivity index (χ0) is 14.5. The van der Waals surface area contributed by atoms with Gasteiger partial charge in [-0.2, -0.15) is 0 Å². The first-order valence-electron chi connectivity index (χ1n) is 7.15. The molecule has 3 nitrogen and oxygen atoms in total. The number of anilines is 1. The number of ether oxygens (including phenoxy) is 1. The molecule has 0 aliphatic carbocycles. The van der Waals surface area contributed by atoms with Crippen LogP contribution in [0.2, 0.25) is 0 Å². The highest BCUT2D eigenvalue weighted by Crippen LogP contribution is 2.30. The molecule has 3 heteroatoms. The Labute approximate surface area is 121 Å². The minimum absolute atomic E-state index is 0.428. The van der Waals surface area contributed by atoms with Gasteiger partial charge in [0.1, 0.15) is 0 Å². The molecule has 2 aromatic carbocycles. The minimum atomic E-state index is 0.428. The van der Waals surface area contributed by atoms with Crippen LogP contribution in [0.15, 0.2) is 36.4 Å². The molecule has 0 atom stereocenters. The molecule has 108 valence electrons. The normalized spacial score (nSPS) is 11.2. The molecule has 0 fully saturated rings. The van der Waals surface area contributed by atoms with Gasteiger partial charge in [-0.1, -0.05) is 30.3 Å². The molecule has 0 aliphatic heterocycles. The predicted molar refractivity (Wildman–Crippen MR) is 86.2 cm³/mol. The molecular weight excluding hydrogens is 248 g/mol. The highest BCUT2D eigenvalue weighted by Gasteiger charge is 2.14. The van der Waals surface area contributed by atoms with Gasteiger partial charge in [-0.25, -0.2) is 0 Å². The molecule has 2 N–H and O–H groups in total. The van der Waals surface area contributed by atoms with Crippen LogP contribution in [0.3, 0.4) is 0 Å². The number of hydrogen-bond acceptors (Lipinski definition) is 3. The highest BCUT2D eigenvalue weighted by molar-refractivity contribution is 5.96. The first-order valence-corrected chi connectivity index (χ1v) is 7.15. The second-order valence-corrected chi connectivity index (χ2v) is 5.27. The van der Waals surface area contributed by atoms with Crippen LogP contribution in [0.5, 0.6) is 0 Å². The summed E-state index contributed by atoms with van der Waals surface area (Å²) in [5, 5.41) is 2.51. The van der Waals surface area contributed by atoms with E-state index >= 15 is 0 Å². The summed E-state index contributed by atoms with van der Waals surface area (Å²) in [5.41, 5.74) is 8.30. The summed E-state index contributed by atoms with van der Waals surface area (Å²) in [6.45, 7) is 6.61. The van der Waals surface area contributed by atoms with Gasteiger partial charge in [-0.15, -0.1) is 0 Å². The number of benzene rings is 2. The van der Waals surface area contributed by atoms with Crippen molar-refractivity contribution in [1.82, 2.24) is 0 Å². The van der Waals surface area contributed by atoms with E-state index in [0.717, 1.165) is 13.2 Å². The van der Waals surface area contributed by atoms with Gasteiger partial charge >= 0.3 is 0 Å². The standard InChI is InChI=1S/C17H24N2O/c1-13(2)19(10-11-20-3)17-9-8-14(12-18)15-6-4-5-7-16(15)17/h4-9,13H,10-12,18H2,1-3H3. The quantitative estimate of drug-likeness (QED) is 0.878. The van der Waals surface area contributed by atoms with Gasteiger partial charge in [-0.3, -0.25) is 0 Å². The van der Waals surface area contributed by atoms with Crippen LogP contribution in [0, 0.1) is 0 Å². The SMILES string of the molecule is COCCN(c1ccc(CN)c2ccccc12)C(C)C. The molecule has 0 saturated carbocycles. The molecule has 0 unspecified atom stereocenters. The fourth-order valence-electron chi connectivity index (χ4n) is 2.62. The van der Waals surface area contributed by atoms with Crippen molar-refractivity contribution in [3.63, 3.8) is 0 Å². The van der Waals surface area contributed by atoms with Crippen molar-refractivity contribution in [3.8, 4) is 0 Å². The Kier molecular flexibility index (Phi) is 4.99. The van der Waals surface area contributed by atoms with Gasteiger partial charge < -0.3 is 15.4 Å². The molecule has 0 amide bonds. The third kappa shape index (κ3) is 2.94. The van der Waals surface area contributed by atoms with Crippen molar-refractivity contribution in [3.05, 3.63) is 42.0 Å². The Morgan fingerprint density at radius 2 is 1.80 bits per heavy atom. The number of fused-ring (bicyclic) bond motifs is 1. The maximum Gasteiger partial charge on any atom is 0.0637 e. The van der Waals surface area contributed by atoms with E-state index in [1.165, 1.54) is 22.0 Å². The van der Waals surface area contributed by atoms with E-state index in [1.807, 2.05) is 0 Å². The van der Waals surface area contributed by atoms with E-state index in [9.17, 15) is 0 Å². The fraction of sp³-hybridized carbons (Fsp3) is 0.412. The average molecular weight is 272 g/mol. The van der Waals surface area contributed by atoms with Crippen molar-refractivity contribution in [2.45, 2.75) is 26.4 Å². The second-order valence-electron chi connectivity index (χ2n) is 5.27. The first kappa shape index (κ1) is 14.8. The maximum atomic E-state index is 5.85. The van der Waals surface area contributed by atoms with Crippen LogP contribution < -0.4 is 10.6 Å². The summed E-state index contributed by atoms with van der Waals surface area (Å²) in [7, 11) is 1.74. The van der Waals surface area contributed by atoms with Crippen LogP contribution in [-0.4, -0.2) is 26.3 Å². The lowest BCUT2D eigenvalue weighted by atomic mass is 10.0. The Balaban J connectivity index is 2.52. The first-order chi connectivity index (χ1) is 9.69. The molecule has 2 rings (SSSR count). The number of hydrogen-bond donors (Lipinski definition) is 1. The molecule has 0 bridgehead atoms. The molecule has 0 saturated heterocycles. The number of rotatable bonds is 6. The molecule has 0 spiro atoms. The van der Waals surface area contributed by atoms with Gasteiger partial charge in [-0.05, 0) is 30.9 Å². The molecule has 2 aromatic rings. The smallest absolute Gasteiger partial charge is 0.0637 e. The lowest BCUT2D eigenvalue weighted by molar-refractivity contribution is 0.204. The molecule has 0 aromatic heterocycles. The maximum absolute atomic E-state index is 5.85. The molecular formula is C17H24N2O. The molecule has 0 aliphatic rings. The summed E-state index contributed by atoms with van der Waals surface area (Å²) in [5.74, 6) is 0. The summed E-state index contributed by atoms with van der Waals surface area (Å²) < 4.78 is 5.24. The van der Waals surface area contributed by atoms with Crippen LogP contribution in [0.25, 0.3) is 10.8 Å². The Bertz CT molecular complexity index is 566. The van der Waals surface area contributed by atoms with Crippen molar-refractivity contribution < 1.29 is 4.74 Å². The Morgan fingerprint density at radius 3 is 2.40 bits per heavy atom. The number of nitrogens with zero attached hydrogens (tertiary/aromatic N) is 1. The number of methoxy groups -OCH3 is 1. The van der Waals surface area contributed by atoms with Crippen LogP contribution in [-0.2, 0) is 11.3 Å². The van der Waals surface area contributed by atoms with Crippen molar-refractivity contribution in [2.75, 3.05) is 25.2 Å². The van der Waals surface area contributed by atoms with Gasteiger partial charge in [0.05, 0.1) is 6.61 Å². The van der Waals surface area contributed by atoms with Gasteiger partial charge in [0.2, 0.25) is 0 Å². The summed E-state index contributed by atoms with van der Waals surface area (Å²) in [6.07, 6.45) is 0. The minimum Gasteiger partial charge on any atom is -0.383 e. The zero-order valence-electron chi connectivity index (χ0n) is 12.6. The average Bonchev–Trinajstić information content (AvgIpc) is 2.47. The lowest BCUT2D eigenvalue weighted by Gasteiger charge is -2.30. The van der Waals surface area contributed by atoms with E-state index in [4.69, 9.17) is 10.5 Å². The van der Waals surface area contributed by atoms with E-state index < -0.39 is 0 Å². The molecule has 0 heterocycles. The fourth-order valence-corrected chi connectivity index (χ4v) is 2.62. The topological polar surface area (TPSA) is 38.5 Å². The third-order valence-electron chi connectivity index (χ3n) is 3.68. The third-order valence-corrected chi connectivity index (χ3v) is 3.68. The molecule has 20 heavy (non-hydrogen) atoms. The van der Waals surface area contributed by atoms with Crippen molar-refractivity contribution >= 4 is 16.5 Å². The van der Waals surface area contributed by atoms with E-state index in [-0.39, 0.29) is 0 Å². The molecule has 0 radical (unpaired) electrons. The largest absolute Gasteiger partial charge is 0.383 e. The van der Waals surface area contributed by atoms with E-state index in [2.05, 4.69) is 55.1 Å². The van der Waals surface area contributed by atoms with Crippen molar-refractivity contribution in [2.24, 2.45) is 5.73 Å². The summed E-state index contributed by atoms with van der Waals surface area (Å²) >= 11 is 0. The van der Waals surface area contributed by atoms with Gasteiger partial charge in [0, 0.05) is 37.3 Å². The van der Waals surface area contributed by atoms with Crippen LogP contribution in [0.1, 0.15) is 19.4 Å². The zero-order valence-corrected chi connectivity index (χ0v) is 12.6. The van der Waals surface area contributed by atoms with Gasteiger partial charge in [0.25, 0.3) is 0 Å².